The van der Waals surface area contributed by atoms with Gasteiger partial charge >= 0.3 is 6.03 Å². The smallest absolute Gasteiger partial charge is 0.319 e. The van der Waals surface area contributed by atoms with Crippen molar-refractivity contribution < 1.29 is 4.79 Å². The van der Waals surface area contributed by atoms with Gasteiger partial charge in [-0.25, -0.2) is 4.79 Å². The fourth-order valence-electron chi connectivity index (χ4n) is 1.86. The van der Waals surface area contributed by atoms with E-state index in [1.807, 2.05) is 31.2 Å². The van der Waals surface area contributed by atoms with E-state index in [4.69, 9.17) is 0 Å². The van der Waals surface area contributed by atoms with Crippen LogP contribution >= 0.6 is 0 Å². The Morgan fingerprint density at radius 2 is 1.84 bits per heavy atom. The Bertz CT molecular complexity index is 393. The number of hydrogen-bond donors (Lipinski definition) is 3. The number of benzene rings is 1. The van der Waals surface area contributed by atoms with Crippen LogP contribution < -0.4 is 16.0 Å². The monoisotopic (exact) mass is 263 g/mol. The number of carbonyl (C=O) groups is 1. The zero-order valence-electron chi connectivity index (χ0n) is 12.1. The van der Waals surface area contributed by atoms with Gasteiger partial charge in [0.2, 0.25) is 0 Å². The summed E-state index contributed by atoms with van der Waals surface area (Å²) in [6.07, 6.45) is 2.03. The molecule has 0 radical (unpaired) electrons. The summed E-state index contributed by atoms with van der Waals surface area (Å²) in [7, 11) is 0. The minimum absolute atomic E-state index is 0.142. The van der Waals surface area contributed by atoms with Gasteiger partial charge in [0.05, 0.1) is 0 Å². The van der Waals surface area contributed by atoms with Crippen LogP contribution in [0.15, 0.2) is 24.3 Å². The second-order valence-corrected chi connectivity index (χ2v) is 4.64. The number of hydrogen-bond acceptors (Lipinski definition) is 2. The van der Waals surface area contributed by atoms with Gasteiger partial charge in [-0.1, -0.05) is 32.0 Å². The molecular formula is C15H25N3O. The van der Waals surface area contributed by atoms with E-state index in [0.29, 0.717) is 6.54 Å². The quantitative estimate of drug-likeness (QED) is 0.707. The van der Waals surface area contributed by atoms with Crippen LogP contribution in [0.1, 0.15) is 45.2 Å². The zero-order chi connectivity index (χ0) is 14.1. The van der Waals surface area contributed by atoms with Crippen LogP contribution in [0.2, 0.25) is 0 Å². The van der Waals surface area contributed by atoms with Gasteiger partial charge in [-0.05, 0) is 37.9 Å². The molecule has 1 atom stereocenters. The van der Waals surface area contributed by atoms with Crippen molar-refractivity contribution in [2.75, 3.05) is 18.4 Å². The summed E-state index contributed by atoms with van der Waals surface area (Å²) in [4.78, 5) is 11.7. The summed E-state index contributed by atoms with van der Waals surface area (Å²) >= 11 is 0. The van der Waals surface area contributed by atoms with Gasteiger partial charge in [0, 0.05) is 18.3 Å². The van der Waals surface area contributed by atoms with E-state index in [0.717, 1.165) is 30.6 Å². The number of carbonyl (C=O) groups excluding carboxylic acids is 1. The lowest BCUT2D eigenvalue weighted by Crippen LogP contribution is -2.30. The van der Waals surface area contributed by atoms with Crippen LogP contribution in [0, 0.1) is 0 Å². The molecule has 106 valence electrons. The highest BCUT2D eigenvalue weighted by atomic mass is 16.2. The summed E-state index contributed by atoms with van der Waals surface area (Å²) in [6.45, 7) is 7.95. The maximum atomic E-state index is 11.7. The fourth-order valence-corrected chi connectivity index (χ4v) is 1.86. The molecule has 0 bridgehead atoms. The van der Waals surface area contributed by atoms with E-state index < -0.39 is 0 Å². The molecule has 4 heteroatoms. The molecule has 0 saturated heterocycles. The Labute approximate surface area is 116 Å². The van der Waals surface area contributed by atoms with Crippen molar-refractivity contribution in [3.05, 3.63) is 29.8 Å². The maximum absolute atomic E-state index is 11.7. The van der Waals surface area contributed by atoms with Gasteiger partial charge in [-0.3, -0.25) is 0 Å². The molecule has 4 nitrogen and oxygen atoms in total. The second kappa shape index (κ2) is 8.53. The zero-order valence-corrected chi connectivity index (χ0v) is 12.1. The van der Waals surface area contributed by atoms with Crippen molar-refractivity contribution in [1.82, 2.24) is 10.6 Å². The van der Waals surface area contributed by atoms with Crippen molar-refractivity contribution in [1.29, 1.82) is 0 Å². The predicted molar refractivity (Wildman–Crippen MR) is 80.5 cm³/mol. The first-order valence-electron chi connectivity index (χ1n) is 7.06. The van der Waals surface area contributed by atoms with Crippen LogP contribution in [0.3, 0.4) is 0 Å². The molecule has 19 heavy (non-hydrogen) atoms. The third kappa shape index (κ3) is 5.30. The third-order valence-electron chi connectivity index (χ3n) is 2.91. The predicted octanol–water partition coefficient (Wildman–Crippen LogP) is 3.28. The number of anilines is 1. The van der Waals surface area contributed by atoms with E-state index in [1.165, 1.54) is 0 Å². The SMILES string of the molecule is CCCNC(=O)Nc1ccccc1C(C)NCCC. The Balaban J connectivity index is 2.69. The van der Waals surface area contributed by atoms with E-state index in [1.54, 1.807) is 0 Å². The largest absolute Gasteiger partial charge is 0.338 e. The van der Waals surface area contributed by atoms with Gasteiger partial charge in [0.15, 0.2) is 0 Å². The third-order valence-corrected chi connectivity index (χ3v) is 2.91. The van der Waals surface area contributed by atoms with Gasteiger partial charge in [0.1, 0.15) is 0 Å². The molecule has 1 aromatic rings. The van der Waals surface area contributed by atoms with E-state index in [2.05, 4.69) is 29.8 Å². The van der Waals surface area contributed by atoms with E-state index in [9.17, 15) is 4.79 Å². The number of rotatable bonds is 7. The normalized spacial score (nSPS) is 11.9. The van der Waals surface area contributed by atoms with Crippen molar-refractivity contribution in [2.45, 2.75) is 39.7 Å². The first-order valence-corrected chi connectivity index (χ1v) is 7.06. The van der Waals surface area contributed by atoms with Crippen molar-refractivity contribution in [3.63, 3.8) is 0 Å². The molecule has 0 heterocycles. The average Bonchev–Trinajstić information content (AvgIpc) is 2.43. The minimum Gasteiger partial charge on any atom is -0.338 e. The first-order chi connectivity index (χ1) is 9.19. The highest BCUT2D eigenvalue weighted by molar-refractivity contribution is 5.90. The topological polar surface area (TPSA) is 53.2 Å². The molecule has 0 aliphatic carbocycles. The molecule has 0 saturated carbocycles. The summed E-state index contributed by atoms with van der Waals surface area (Å²) in [5.74, 6) is 0. The number of amides is 2. The molecule has 0 aliphatic heterocycles. The van der Waals surface area contributed by atoms with Gasteiger partial charge in [0.25, 0.3) is 0 Å². The van der Waals surface area contributed by atoms with Crippen LogP contribution in [-0.2, 0) is 0 Å². The van der Waals surface area contributed by atoms with E-state index in [-0.39, 0.29) is 12.1 Å². The first kappa shape index (κ1) is 15.5. The van der Waals surface area contributed by atoms with Crippen LogP contribution in [0.25, 0.3) is 0 Å². The lowest BCUT2D eigenvalue weighted by atomic mass is 10.1. The molecule has 3 N–H and O–H groups in total. The Morgan fingerprint density at radius 1 is 1.16 bits per heavy atom. The molecule has 0 aromatic heterocycles. The number of urea groups is 1. The van der Waals surface area contributed by atoms with Crippen LogP contribution in [0.4, 0.5) is 10.5 Å². The van der Waals surface area contributed by atoms with Crippen LogP contribution in [-0.4, -0.2) is 19.1 Å². The molecule has 0 aliphatic rings. The molecule has 1 aromatic carbocycles. The molecule has 0 spiro atoms. The molecule has 0 fully saturated rings. The summed E-state index contributed by atoms with van der Waals surface area (Å²) in [5.41, 5.74) is 1.98. The molecule has 1 unspecified atom stereocenters. The van der Waals surface area contributed by atoms with Gasteiger partial charge < -0.3 is 16.0 Å². The minimum atomic E-state index is -0.142. The number of nitrogens with one attached hydrogen (secondary N) is 3. The second-order valence-electron chi connectivity index (χ2n) is 4.64. The van der Waals surface area contributed by atoms with Crippen molar-refractivity contribution in [3.8, 4) is 0 Å². The molecular weight excluding hydrogens is 238 g/mol. The highest BCUT2D eigenvalue weighted by Gasteiger charge is 2.11. The number of para-hydroxylation sites is 1. The summed E-state index contributed by atoms with van der Waals surface area (Å²) in [5, 5.41) is 9.17. The van der Waals surface area contributed by atoms with Gasteiger partial charge in [-0.2, -0.15) is 0 Å². The maximum Gasteiger partial charge on any atom is 0.319 e. The van der Waals surface area contributed by atoms with E-state index >= 15 is 0 Å². The van der Waals surface area contributed by atoms with Crippen LogP contribution in [0.5, 0.6) is 0 Å². The lowest BCUT2D eigenvalue weighted by Gasteiger charge is -2.18. The standard InChI is InChI=1S/C15H25N3O/c1-4-10-16-12(3)13-8-6-7-9-14(13)18-15(19)17-11-5-2/h6-9,12,16H,4-5,10-11H2,1-3H3,(H2,17,18,19). The summed E-state index contributed by atoms with van der Waals surface area (Å²) in [6, 6.07) is 7.99. The Kier molecular flexibility index (Phi) is 6.97. The lowest BCUT2D eigenvalue weighted by molar-refractivity contribution is 0.252. The Hall–Kier alpha value is -1.55. The Morgan fingerprint density at radius 3 is 2.53 bits per heavy atom. The van der Waals surface area contributed by atoms with Crippen molar-refractivity contribution in [2.24, 2.45) is 0 Å². The highest BCUT2D eigenvalue weighted by Crippen LogP contribution is 2.22. The fraction of sp³-hybridized carbons (Fsp3) is 0.533. The average molecular weight is 263 g/mol. The molecule has 1 rings (SSSR count). The van der Waals surface area contributed by atoms with Crippen molar-refractivity contribution >= 4 is 11.7 Å². The summed E-state index contributed by atoms with van der Waals surface area (Å²) < 4.78 is 0. The molecule has 2 amide bonds. The van der Waals surface area contributed by atoms with Gasteiger partial charge in [-0.15, -0.1) is 0 Å².